The summed E-state index contributed by atoms with van der Waals surface area (Å²) in [5.41, 5.74) is 5.81. The normalized spacial score (nSPS) is 13.0. The second-order valence-electron chi connectivity index (χ2n) is 8.76. The molecule has 2 unspecified atom stereocenters. The zero-order valence-corrected chi connectivity index (χ0v) is 19.6. The van der Waals surface area contributed by atoms with Crippen LogP contribution in [-0.2, 0) is 19.1 Å². The molecule has 0 aliphatic carbocycles. The van der Waals surface area contributed by atoms with Crippen molar-refractivity contribution in [2.75, 3.05) is 7.05 Å². The van der Waals surface area contributed by atoms with Crippen LogP contribution in [0.2, 0.25) is 0 Å². The van der Waals surface area contributed by atoms with Crippen molar-refractivity contribution < 1.29 is 23.9 Å². The monoisotopic (exact) mass is 446 g/mol. The number of nitrogens with zero attached hydrogens (tertiary/aromatic N) is 1. The number of alkyl carbamates (subject to hydrolysis) is 1. The van der Waals surface area contributed by atoms with E-state index in [1.807, 2.05) is 6.07 Å². The summed E-state index contributed by atoms with van der Waals surface area (Å²) in [5.74, 6) is -1.86. The molecular formula is C23H34N4O5. The van der Waals surface area contributed by atoms with E-state index in [-0.39, 0.29) is 6.04 Å². The van der Waals surface area contributed by atoms with Gasteiger partial charge in [-0.15, -0.1) is 0 Å². The van der Waals surface area contributed by atoms with Crippen molar-refractivity contribution in [3.8, 4) is 0 Å². The van der Waals surface area contributed by atoms with Gasteiger partial charge < -0.3 is 26.0 Å². The number of primary amides is 1. The molecule has 9 nitrogen and oxygen atoms in total. The van der Waals surface area contributed by atoms with E-state index in [9.17, 15) is 19.2 Å². The van der Waals surface area contributed by atoms with Crippen molar-refractivity contribution in [2.45, 2.75) is 64.8 Å². The van der Waals surface area contributed by atoms with Gasteiger partial charge in [0.15, 0.2) is 0 Å². The molecule has 1 rings (SSSR count). The van der Waals surface area contributed by atoms with Crippen LogP contribution >= 0.6 is 0 Å². The number of nitrogens with two attached hydrogens (primary N) is 1. The fourth-order valence-corrected chi connectivity index (χ4v) is 2.99. The lowest BCUT2D eigenvalue weighted by Gasteiger charge is -2.32. The van der Waals surface area contributed by atoms with Gasteiger partial charge in [0.1, 0.15) is 17.7 Å². The van der Waals surface area contributed by atoms with Gasteiger partial charge in [-0.3, -0.25) is 14.4 Å². The highest BCUT2D eigenvalue weighted by Gasteiger charge is 2.35. The van der Waals surface area contributed by atoms with E-state index >= 15 is 0 Å². The van der Waals surface area contributed by atoms with Crippen LogP contribution in [0.25, 0.3) is 6.08 Å². The molecule has 0 saturated heterocycles. The van der Waals surface area contributed by atoms with Crippen LogP contribution in [0.1, 0.15) is 58.2 Å². The number of ether oxygens (including phenoxy) is 1. The Morgan fingerprint density at radius 1 is 1.19 bits per heavy atom. The maximum Gasteiger partial charge on any atom is 0.408 e. The lowest BCUT2D eigenvalue weighted by atomic mass is 10.0. The van der Waals surface area contributed by atoms with E-state index < -0.39 is 47.9 Å². The number of benzene rings is 1. The SMILES string of the molecule is C=Cc1cccc(C(C(=O)NC(C)C)N(C)C(=O)C(CC(N)=O)NC(=O)OC(C)(C)C)c1. The molecule has 0 saturated carbocycles. The van der Waals surface area contributed by atoms with Crippen molar-refractivity contribution >= 4 is 29.9 Å². The largest absolute Gasteiger partial charge is 0.444 e. The van der Waals surface area contributed by atoms with Gasteiger partial charge in [-0.25, -0.2) is 4.79 Å². The number of hydrogen-bond acceptors (Lipinski definition) is 5. The van der Waals surface area contributed by atoms with Gasteiger partial charge >= 0.3 is 6.09 Å². The van der Waals surface area contributed by atoms with Crippen LogP contribution in [0.3, 0.4) is 0 Å². The molecule has 9 heteroatoms. The topological polar surface area (TPSA) is 131 Å². The van der Waals surface area contributed by atoms with E-state index in [1.54, 1.807) is 58.9 Å². The van der Waals surface area contributed by atoms with Crippen LogP contribution in [-0.4, -0.2) is 53.4 Å². The summed E-state index contributed by atoms with van der Waals surface area (Å²) in [6.07, 6.45) is 0.304. The Bertz CT molecular complexity index is 860. The summed E-state index contributed by atoms with van der Waals surface area (Å²) in [7, 11) is 1.43. The summed E-state index contributed by atoms with van der Waals surface area (Å²) in [5, 5.41) is 5.20. The molecule has 2 atom stereocenters. The van der Waals surface area contributed by atoms with Gasteiger partial charge in [0, 0.05) is 13.1 Å². The Morgan fingerprint density at radius 3 is 2.31 bits per heavy atom. The van der Waals surface area contributed by atoms with E-state index in [0.29, 0.717) is 5.56 Å². The van der Waals surface area contributed by atoms with E-state index in [0.717, 1.165) is 5.56 Å². The Labute approximate surface area is 189 Å². The predicted octanol–water partition coefficient (Wildman–Crippen LogP) is 2.12. The van der Waals surface area contributed by atoms with Crippen molar-refractivity contribution in [2.24, 2.45) is 5.73 Å². The van der Waals surface area contributed by atoms with Crippen molar-refractivity contribution in [3.63, 3.8) is 0 Å². The average molecular weight is 447 g/mol. The third kappa shape index (κ3) is 8.41. The lowest BCUT2D eigenvalue weighted by Crippen LogP contribution is -2.53. The first-order valence-electron chi connectivity index (χ1n) is 10.3. The minimum Gasteiger partial charge on any atom is -0.444 e. The predicted molar refractivity (Wildman–Crippen MR) is 122 cm³/mol. The quantitative estimate of drug-likeness (QED) is 0.535. The number of amides is 4. The Morgan fingerprint density at radius 2 is 1.81 bits per heavy atom. The summed E-state index contributed by atoms with van der Waals surface area (Å²) in [6, 6.07) is 4.54. The Kier molecular flexibility index (Phi) is 9.43. The number of carbonyl (C=O) groups is 4. The molecule has 4 N–H and O–H groups in total. The second-order valence-corrected chi connectivity index (χ2v) is 8.76. The molecule has 0 spiro atoms. The fourth-order valence-electron chi connectivity index (χ4n) is 2.99. The van der Waals surface area contributed by atoms with E-state index in [4.69, 9.17) is 10.5 Å². The average Bonchev–Trinajstić information content (AvgIpc) is 2.64. The van der Waals surface area contributed by atoms with Gasteiger partial charge in [-0.1, -0.05) is 30.9 Å². The molecule has 1 aromatic carbocycles. The number of carbonyl (C=O) groups excluding carboxylic acids is 4. The minimum absolute atomic E-state index is 0.169. The highest BCUT2D eigenvalue weighted by atomic mass is 16.6. The van der Waals surface area contributed by atoms with Gasteiger partial charge in [0.05, 0.1) is 6.42 Å². The van der Waals surface area contributed by atoms with Crippen molar-refractivity contribution in [1.82, 2.24) is 15.5 Å². The summed E-state index contributed by atoms with van der Waals surface area (Å²) < 4.78 is 5.19. The standard InChI is InChI=1S/C23H34N4O5/c1-8-15-10-9-11-16(12-15)19(20(29)25-14(2)3)27(7)21(30)17(13-18(24)28)26-22(31)32-23(4,5)6/h8-12,14,17,19H,1,13H2,2-7H3,(H2,24,28)(H,25,29)(H,26,31). The number of nitrogens with one attached hydrogen (secondary N) is 2. The minimum atomic E-state index is -1.30. The summed E-state index contributed by atoms with van der Waals surface area (Å²) in [4.78, 5) is 51.3. The first-order chi connectivity index (χ1) is 14.7. The van der Waals surface area contributed by atoms with Crippen molar-refractivity contribution in [1.29, 1.82) is 0 Å². The highest BCUT2D eigenvalue weighted by molar-refractivity contribution is 5.94. The molecule has 32 heavy (non-hydrogen) atoms. The molecule has 0 heterocycles. The highest BCUT2D eigenvalue weighted by Crippen LogP contribution is 2.23. The van der Waals surface area contributed by atoms with E-state index in [2.05, 4.69) is 17.2 Å². The Hall–Kier alpha value is -3.36. The van der Waals surface area contributed by atoms with Crippen LogP contribution in [0.15, 0.2) is 30.8 Å². The van der Waals surface area contributed by atoms with Crippen LogP contribution in [0.4, 0.5) is 4.79 Å². The third-order valence-electron chi connectivity index (χ3n) is 4.27. The van der Waals surface area contributed by atoms with Crippen molar-refractivity contribution in [3.05, 3.63) is 42.0 Å². The molecule has 0 aliphatic heterocycles. The van der Waals surface area contributed by atoms with Gasteiger partial charge in [0.2, 0.25) is 17.7 Å². The summed E-state index contributed by atoms with van der Waals surface area (Å²) >= 11 is 0. The van der Waals surface area contributed by atoms with E-state index in [1.165, 1.54) is 11.9 Å². The maximum absolute atomic E-state index is 13.3. The lowest BCUT2D eigenvalue weighted by molar-refractivity contribution is -0.141. The molecule has 0 aromatic heterocycles. The molecule has 1 aromatic rings. The van der Waals surface area contributed by atoms with Gasteiger partial charge in [-0.2, -0.15) is 0 Å². The molecular weight excluding hydrogens is 412 g/mol. The van der Waals surface area contributed by atoms with Gasteiger partial charge in [0.25, 0.3) is 0 Å². The van der Waals surface area contributed by atoms with Crippen LogP contribution in [0, 0.1) is 0 Å². The van der Waals surface area contributed by atoms with Crippen LogP contribution in [0.5, 0.6) is 0 Å². The zero-order valence-electron chi connectivity index (χ0n) is 19.6. The smallest absolute Gasteiger partial charge is 0.408 e. The molecule has 0 aliphatic rings. The first kappa shape index (κ1) is 26.7. The zero-order chi connectivity index (χ0) is 24.6. The molecule has 4 amide bonds. The molecule has 0 radical (unpaired) electrons. The van der Waals surface area contributed by atoms with Crippen LogP contribution < -0.4 is 16.4 Å². The Balaban J connectivity index is 3.29. The third-order valence-corrected chi connectivity index (χ3v) is 4.27. The number of likely N-dealkylation sites (N-methyl/N-ethyl adjacent to an activating group) is 1. The first-order valence-corrected chi connectivity index (χ1v) is 10.3. The second kappa shape index (κ2) is 11.3. The molecule has 0 fully saturated rings. The fraction of sp³-hybridized carbons (Fsp3) is 0.478. The number of rotatable bonds is 9. The number of hydrogen-bond donors (Lipinski definition) is 3. The molecule has 0 bridgehead atoms. The summed E-state index contributed by atoms with van der Waals surface area (Å²) in [6.45, 7) is 12.3. The molecule has 176 valence electrons. The maximum atomic E-state index is 13.3. The van der Waals surface area contributed by atoms with Gasteiger partial charge in [-0.05, 0) is 51.8 Å².